The molecule has 0 saturated heterocycles. The smallest absolute Gasteiger partial charge is 0.133 e. The Kier molecular flexibility index (Phi) is 4.36. The van der Waals surface area contributed by atoms with Crippen LogP contribution in [0.25, 0.3) is 0 Å². The van der Waals surface area contributed by atoms with Gasteiger partial charge in [0, 0.05) is 4.88 Å². The van der Waals surface area contributed by atoms with Crippen LogP contribution < -0.4 is 4.74 Å². The van der Waals surface area contributed by atoms with Crippen LogP contribution in [0.2, 0.25) is 5.02 Å². The van der Waals surface area contributed by atoms with Crippen LogP contribution in [-0.2, 0) is 0 Å². The van der Waals surface area contributed by atoms with Crippen molar-refractivity contribution in [2.24, 2.45) is 0 Å². The van der Waals surface area contributed by atoms with Crippen molar-refractivity contribution in [1.82, 2.24) is 0 Å². The van der Waals surface area contributed by atoms with E-state index in [0.717, 1.165) is 20.7 Å². The molecule has 17 heavy (non-hydrogen) atoms. The Morgan fingerprint density at radius 2 is 2.12 bits per heavy atom. The molecule has 0 saturated carbocycles. The van der Waals surface area contributed by atoms with Gasteiger partial charge in [-0.05, 0) is 45.1 Å². The van der Waals surface area contributed by atoms with Gasteiger partial charge in [-0.1, -0.05) is 17.7 Å². The number of methoxy groups -OCH3 is 1. The first-order chi connectivity index (χ1) is 8.13. The molecule has 90 valence electrons. The second kappa shape index (κ2) is 5.61. The highest BCUT2D eigenvalue weighted by molar-refractivity contribution is 9.10. The lowest BCUT2D eigenvalue weighted by molar-refractivity contribution is 0.412. The second-order valence-electron chi connectivity index (χ2n) is 3.39. The maximum Gasteiger partial charge on any atom is 0.133 e. The average molecular weight is 352 g/mol. The van der Waals surface area contributed by atoms with Gasteiger partial charge in [-0.2, -0.15) is 0 Å². The number of rotatable bonds is 3. The van der Waals surface area contributed by atoms with Crippen molar-refractivity contribution in [2.75, 3.05) is 7.11 Å². The molecular weight excluding hydrogens is 343 g/mol. The fourth-order valence-corrected chi connectivity index (χ4v) is 3.67. The zero-order valence-electron chi connectivity index (χ0n) is 8.91. The Hall–Kier alpha value is -0.220. The van der Waals surface area contributed by atoms with Crippen molar-refractivity contribution < 1.29 is 4.74 Å². The van der Waals surface area contributed by atoms with Gasteiger partial charge in [-0.15, -0.1) is 22.9 Å². The predicted octanol–water partition coefficient (Wildman–Crippen LogP) is 5.50. The number of alkyl halides is 1. The molecule has 1 atom stereocenters. The van der Waals surface area contributed by atoms with E-state index in [4.69, 9.17) is 27.9 Å². The van der Waals surface area contributed by atoms with E-state index in [1.165, 1.54) is 0 Å². The van der Waals surface area contributed by atoms with Gasteiger partial charge in [0.1, 0.15) is 5.75 Å². The summed E-state index contributed by atoms with van der Waals surface area (Å²) in [5, 5.41) is 2.41. The van der Waals surface area contributed by atoms with E-state index in [2.05, 4.69) is 15.9 Å². The summed E-state index contributed by atoms with van der Waals surface area (Å²) >= 11 is 17.5. The maximum absolute atomic E-state index is 6.41. The van der Waals surface area contributed by atoms with Crippen LogP contribution in [-0.4, -0.2) is 7.11 Å². The molecule has 0 radical (unpaired) electrons. The molecule has 1 nitrogen and oxygen atoms in total. The van der Waals surface area contributed by atoms with Gasteiger partial charge in [0.25, 0.3) is 0 Å². The number of benzene rings is 1. The highest BCUT2D eigenvalue weighted by Gasteiger charge is 2.16. The normalized spacial score (nSPS) is 12.5. The second-order valence-corrected chi connectivity index (χ2v) is 6.03. The monoisotopic (exact) mass is 350 g/mol. The fourth-order valence-electron chi connectivity index (χ4n) is 1.48. The molecule has 0 amide bonds. The van der Waals surface area contributed by atoms with Crippen molar-refractivity contribution >= 4 is 50.5 Å². The third-order valence-corrected chi connectivity index (χ3v) is 4.99. The Morgan fingerprint density at radius 3 is 2.65 bits per heavy atom. The van der Waals surface area contributed by atoms with E-state index in [0.29, 0.717) is 5.02 Å². The van der Waals surface area contributed by atoms with E-state index < -0.39 is 0 Å². The molecule has 1 heterocycles. The summed E-state index contributed by atoms with van der Waals surface area (Å²) in [6.45, 7) is 0. The molecule has 0 aliphatic rings. The summed E-state index contributed by atoms with van der Waals surface area (Å²) in [5.74, 6) is 0.787. The molecule has 0 aliphatic carbocycles. The zero-order valence-corrected chi connectivity index (χ0v) is 12.8. The highest BCUT2D eigenvalue weighted by atomic mass is 79.9. The van der Waals surface area contributed by atoms with Crippen molar-refractivity contribution in [3.8, 4) is 5.75 Å². The van der Waals surface area contributed by atoms with Crippen LogP contribution in [0.3, 0.4) is 0 Å². The number of hydrogen-bond donors (Lipinski definition) is 0. The van der Waals surface area contributed by atoms with Crippen molar-refractivity contribution in [2.45, 2.75) is 5.38 Å². The van der Waals surface area contributed by atoms with Crippen molar-refractivity contribution in [3.05, 3.63) is 49.6 Å². The molecule has 0 bridgehead atoms. The van der Waals surface area contributed by atoms with Gasteiger partial charge in [0.05, 0.1) is 22.0 Å². The Morgan fingerprint density at radius 1 is 1.35 bits per heavy atom. The topological polar surface area (TPSA) is 9.23 Å². The Labute approximate surface area is 122 Å². The molecule has 1 unspecified atom stereocenters. The highest BCUT2D eigenvalue weighted by Crippen LogP contribution is 2.39. The van der Waals surface area contributed by atoms with Crippen molar-refractivity contribution in [1.29, 1.82) is 0 Å². The van der Waals surface area contributed by atoms with Crippen LogP contribution in [0.15, 0.2) is 34.1 Å². The molecule has 2 rings (SSSR count). The van der Waals surface area contributed by atoms with Crippen LogP contribution in [0.5, 0.6) is 5.75 Å². The SMILES string of the molecule is COc1ccc(C(Cl)c2sccc2Cl)cc1Br. The minimum Gasteiger partial charge on any atom is -0.496 e. The first-order valence-electron chi connectivity index (χ1n) is 4.84. The molecule has 0 spiro atoms. The first kappa shape index (κ1) is 13.2. The maximum atomic E-state index is 6.41. The molecule has 0 aliphatic heterocycles. The lowest BCUT2D eigenvalue weighted by atomic mass is 10.1. The van der Waals surface area contributed by atoms with Crippen LogP contribution in [0.1, 0.15) is 15.8 Å². The van der Waals surface area contributed by atoms with Gasteiger partial charge in [0.15, 0.2) is 0 Å². The molecule has 5 heteroatoms. The molecule has 0 fully saturated rings. The Bertz CT molecular complexity index is 527. The summed E-state index contributed by atoms with van der Waals surface area (Å²) < 4.78 is 6.07. The molecule has 2 aromatic rings. The summed E-state index contributed by atoms with van der Waals surface area (Å²) in [6.07, 6.45) is 0. The van der Waals surface area contributed by atoms with Crippen LogP contribution >= 0.6 is 50.5 Å². The quantitative estimate of drug-likeness (QED) is 0.663. The van der Waals surface area contributed by atoms with Gasteiger partial charge >= 0.3 is 0 Å². The fraction of sp³-hybridized carbons (Fsp3) is 0.167. The van der Waals surface area contributed by atoms with Crippen LogP contribution in [0.4, 0.5) is 0 Å². The lowest BCUT2D eigenvalue weighted by Gasteiger charge is -2.11. The summed E-state index contributed by atoms with van der Waals surface area (Å²) in [6, 6.07) is 7.63. The lowest BCUT2D eigenvalue weighted by Crippen LogP contribution is -1.92. The number of halogens is 3. The third kappa shape index (κ3) is 2.79. The summed E-state index contributed by atoms with van der Waals surface area (Å²) in [5.41, 5.74) is 0.990. The summed E-state index contributed by atoms with van der Waals surface area (Å²) in [7, 11) is 1.63. The third-order valence-electron chi connectivity index (χ3n) is 2.34. The van der Waals surface area contributed by atoms with Crippen LogP contribution in [0, 0.1) is 0 Å². The van der Waals surface area contributed by atoms with E-state index in [-0.39, 0.29) is 5.38 Å². The Balaban J connectivity index is 2.35. The first-order valence-corrected chi connectivity index (χ1v) is 7.32. The molecule has 0 N–H and O–H groups in total. The van der Waals surface area contributed by atoms with Gasteiger partial charge in [-0.25, -0.2) is 0 Å². The largest absolute Gasteiger partial charge is 0.496 e. The van der Waals surface area contributed by atoms with Crippen molar-refractivity contribution in [3.63, 3.8) is 0 Å². The zero-order chi connectivity index (χ0) is 12.4. The summed E-state index contributed by atoms with van der Waals surface area (Å²) in [4.78, 5) is 0.963. The van der Waals surface area contributed by atoms with E-state index in [9.17, 15) is 0 Å². The average Bonchev–Trinajstić information content (AvgIpc) is 2.74. The molecular formula is C12H9BrCl2OS. The predicted molar refractivity (Wildman–Crippen MR) is 77.7 cm³/mol. The molecule has 1 aromatic carbocycles. The number of thiophene rings is 1. The minimum atomic E-state index is -0.232. The van der Waals surface area contributed by atoms with Gasteiger partial charge in [-0.3, -0.25) is 0 Å². The molecule has 1 aromatic heterocycles. The van der Waals surface area contributed by atoms with E-state index in [1.54, 1.807) is 18.4 Å². The van der Waals surface area contributed by atoms with E-state index in [1.807, 2.05) is 29.6 Å². The van der Waals surface area contributed by atoms with E-state index >= 15 is 0 Å². The van der Waals surface area contributed by atoms with Gasteiger partial charge in [0.2, 0.25) is 0 Å². The minimum absolute atomic E-state index is 0.232. The number of ether oxygens (including phenoxy) is 1. The number of hydrogen-bond acceptors (Lipinski definition) is 2. The standard InChI is InChI=1S/C12H9BrCl2OS/c1-16-10-3-2-7(6-8(10)13)11(15)12-9(14)4-5-17-12/h2-6,11H,1H3. The van der Waals surface area contributed by atoms with Gasteiger partial charge < -0.3 is 4.74 Å².